The number of carbonyl (C=O) groups excluding carboxylic acids is 1. The topological polar surface area (TPSA) is 20.3 Å². The highest BCUT2D eigenvalue weighted by Crippen LogP contribution is 2.25. The molecule has 1 aliphatic rings. The average molecular weight is 169 g/mol. The van der Waals surface area contributed by atoms with Crippen molar-refractivity contribution in [2.24, 2.45) is 11.3 Å². The first kappa shape index (κ1) is 9.56. The third-order valence-electron chi connectivity index (χ3n) is 2.46. The first-order chi connectivity index (χ1) is 5.45. The van der Waals surface area contributed by atoms with Gasteiger partial charge in [0.25, 0.3) is 0 Å². The van der Waals surface area contributed by atoms with Crippen LogP contribution in [0.3, 0.4) is 0 Å². The summed E-state index contributed by atoms with van der Waals surface area (Å²) in [6, 6.07) is 0. The lowest BCUT2D eigenvalue weighted by Crippen LogP contribution is -2.53. The number of hydrogen-bond acceptors (Lipinski definition) is 1. The third-order valence-corrected chi connectivity index (χ3v) is 2.46. The van der Waals surface area contributed by atoms with E-state index >= 15 is 0 Å². The molecule has 1 saturated heterocycles. The predicted molar refractivity (Wildman–Crippen MR) is 49.8 cm³/mol. The van der Waals surface area contributed by atoms with Gasteiger partial charge in [0.15, 0.2) is 0 Å². The van der Waals surface area contributed by atoms with E-state index in [-0.39, 0.29) is 5.41 Å². The molecule has 1 amide bonds. The summed E-state index contributed by atoms with van der Waals surface area (Å²) in [6.45, 7) is 10.1. The molecule has 1 fully saturated rings. The highest BCUT2D eigenvalue weighted by Gasteiger charge is 2.34. The van der Waals surface area contributed by atoms with Gasteiger partial charge in [-0.05, 0) is 12.3 Å². The maximum Gasteiger partial charge on any atom is 0.227 e. The Morgan fingerprint density at radius 2 is 1.92 bits per heavy atom. The van der Waals surface area contributed by atoms with Crippen molar-refractivity contribution < 1.29 is 4.79 Å². The normalized spacial score (nSPS) is 19.2. The summed E-state index contributed by atoms with van der Waals surface area (Å²) >= 11 is 0. The van der Waals surface area contributed by atoms with Gasteiger partial charge in [-0.2, -0.15) is 0 Å². The molecule has 12 heavy (non-hydrogen) atoms. The second-order valence-electron chi connectivity index (χ2n) is 4.73. The van der Waals surface area contributed by atoms with E-state index in [2.05, 4.69) is 6.92 Å². The second-order valence-corrected chi connectivity index (χ2v) is 4.73. The Balaban J connectivity index is 2.39. The van der Waals surface area contributed by atoms with Crippen molar-refractivity contribution in [3.05, 3.63) is 0 Å². The Labute approximate surface area is 74.9 Å². The highest BCUT2D eigenvalue weighted by atomic mass is 16.2. The fourth-order valence-corrected chi connectivity index (χ4v) is 1.47. The molecule has 2 nitrogen and oxygen atoms in total. The Bertz CT molecular complexity index is 175. The predicted octanol–water partition coefficient (Wildman–Crippen LogP) is 1.90. The number of likely N-dealkylation sites (tertiary alicyclic amines) is 1. The summed E-state index contributed by atoms with van der Waals surface area (Å²) in [5.74, 6) is 1.06. The van der Waals surface area contributed by atoms with Gasteiger partial charge in [-0.1, -0.05) is 27.7 Å². The van der Waals surface area contributed by atoms with Gasteiger partial charge in [-0.25, -0.2) is 0 Å². The molecule has 70 valence electrons. The smallest absolute Gasteiger partial charge is 0.227 e. The summed E-state index contributed by atoms with van der Waals surface area (Å²) in [4.78, 5) is 13.6. The maximum absolute atomic E-state index is 11.6. The molecule has 0 saturated carbocycles. The highest BCUT2D eigenvalue weighted by molar-refractivity contribution is 5.82. The lowest BCUT2D eigenvalue weighted by Gasteiger charge is -2.42. The second kappa shape index (κ2) is 3.08. The minimum atomic E-state index is -0.196. The van der Waals surface area contributed by atoms with Crippen LogP contribution in [0.5, 0.6) is 0 Å². The van der Waals surface area contributed by atoms with E-state index in [1.54, 1.807) is 0 Å². The third kappa shape index (κ3) is 1.79. The molecule has 0 radical (unpaired) electrons. The minimum Gasteiger partial charge on any atom is -0.342 e. The first-order valence-electron chi connectivity index (χ1n) is 4.74. The Morgan fingerprint density at radius 1 is 1.42 bits per heavy atom. The van der Waals surface area contributed by atoms with Crippen LogP contribution in [-0.4, -0.2) is 23.9 Å². The van der Waals surface area contributed by atoms with Gasteiger partial charge in [-0.15, -0.1) is 0 Å². The molecule has 0 atom stereocenters. The van der Waals surface area contributed by atoms with Crippen molar-refractivity contribution >= 4 is 5.91 Å². The van der Waals surface area contributed by atoms with E-state index in [4.69, 9.17) is 0 Å². The molecule has 0 aliphatic carbocycles. The van der Waals surface area contributed by atoms with Gasteiger partial charge in [0.2, 0.25) is 5.91 Å². The molecule has 0 aromatic rings. The summed E-state index contributed by atoms with van der Waals surface area (Å²) in [5.41, 5.74) is -0.196. The lowest BCUT2D eigenvalue weighted by atomic mass is 9.89. The summed E-state index contributed by atoms with van der Waals surface area (Å²) < 4.78 is 0. The van der Waals surface area contributed by atoms with E-state index in [1.165, 1.54) is 6.42 Å². The van der Waals surface area contributed by atoms with Crippen molar-refractivity contribution in [3.63, 3.8) is 0 Å². The van der Waals surface area contributed by atoms with E-state index in [1.807, 2.05) is 25.7 Å². The van der Waals surface area contributed by atoms with Gasteiger partial charge in [-0.3, -0.25) is 4.79 Å². The van der Waals surface area contributed by atoms with Crippen LogP contribution in [0.25, 0.3) is 0 Å². The number of amides is 1. The number of carbonyl (C=O) groups is 1. The lowest BCUT2D eigenvalue weighted by molar-refractivity contribution is -0.146. The van der Waals surface area contributed by atoms with Crippen molar-refractivity contribution in [3.8, 4) is 0 Å². The van der Waals surface area contributed by atoms with Crippen LogP contribution >= 0.6 is 0 Å². The monoisotopic (exact) mass is 169 g/mol. The summed E-state index contributed by atoms with van der Waals surface area (Å²) in [7, 11) is 0. The van der Waals surface area contributed by atoms with E-state index in [0.717, 1.165) is 19.0 Å². The molecular formula is C10H19NO. The fourth-order valence-electron chi connectivity index (χ4n) is 1.47. The molecule has 0 bridgehead atoms. The van der Waals surface area contributed by atoms with E-state index < -0.39 is 0 Å². The molecule has 0 spiro atoms. The van der Waals surface area contributed by atoms with Gasteiger partial charge < -0.3 is 4.90 Å². The van der Waals surface area contributed by atoms with Crippen LogP contribution in [0.2, 0.25) is 0 Å². The standard InChI is InChI=1S/C10H19NO/c1-5-8-6-11(7-8)9(12)10(2,3)4/h8H,5-7H2,1-4H3. The van der Waals surface area contributed by atoms with Crippen molar-refractivity contribution in [2.75, 3.05) is 13.1 Å². The maximum atomic E-state index is 11.6. The van der Waals surface area contributed by atoms with Gasteiger partial charge >= 0.3 is 0 Å². The zero-order valence-corrected chi connectivity index (χ0v) is 8.55. The first-order valence-corrected chi connectivity index (χ1v) is 4.74. The Hall–Kier alpha value is -0.530. The molecule has 1 heterocycles. The minimum absolute atomic E-state index is 0.196. The fraction of sp³-hybridized carbons (Fsp3) is 0.900. The van der Waals surface area contributed by atoms with Crippen LogP contribution < -0.4 is 0 Å². The number of hydrogen-bond donors (Lipinski definition) is 0. The quantitative estimate of drug-likeness (QED) is 0.587. The SMILES string of the molecule is CCC1CN(C(=O)C(C)(C)C)C1. The van der Waals surface area contributed by atoms with Crippen LogP contribution in [0.1, 0.15) is 34.1 Å². The van der Waals surface area contributed by atoms with Crippen molar-refractivity contribution in [1.82, 2.24) is 4.90 Å². The summed E-state index contributed by atoms with van der Waals surface area (Å²) in [6.07, 6.45) is 1.20. The summed E-state index contributed by atoms with van der Waals surface area (Å²) in [5, 5.41) is 0. The molecule has 2 heteroatoms. The Morgan fingerprint density at radius 3 is 2.25 bits per heavy atom. The van der Waals surface area contributed by atoms with Crippen molar-refractivity contribution in [2.45, 2.75) is 34.1 Å². The molecule has 0 unspecified atom stereocenters. The van der Waals surface area contributed by atoms with Crippen LogP contribution in [0, 0.1) is 11.3 Å². The van der Waals surface area contributed by atoms with Crippen LogP contribution in [-0.2, 0) is 4.79 Å². The van der Waals surface area contributed by atoms with Gasteiger partial charge in [0, 0.05) is 18.5 Å². The zero-order chi connectivity index (χ0) is 9.35. The van der Waals surface area contributed by atoms with E-state index in [9.17, 15) is 4.79 Å². The van der Waals surface area contributed by atoms with Crippen LogP contribution in [0.4, 0.5) is 0 Å². The molecule has 0 aromatic heterocycles. The molecule has 1 aliphatic heterocycles. The van der Waals surface area contributed by atoms with Crippen molar-refractivity contribution in [1.29, 1.82) is 0 Å². The Kier molecular flexibility index (Phi) is 2.45. The zero-order valence-electron chi connectivity index (χ0n) is 8.55. The number of rotatable bonds is 1. The van der Waals surface area contributed by atoms with Gasteiger partial charge in [0.05, 0.1) is 0 Å². The molecule has 0 aromatic carbocycles. The van der Waals surface area contributed by atoms with E-state index in [0.29, 0.717) is 5.91 Å². The average Bonchev–Trinajstić information content (AvgIpc) is 1.83. The van der Waals surface area contributed by atoms with Crippen LogP contribution in [0.15, 0.2) is 0 Å². The molecule has 0 N–H and O–H groups in total. The van der Waals surface area contributed by atoms with Gasteiger partial charge in [0.1, 0.15) is 0 Å². The molecule has 1 rings (SSSR count). The number of nitrogens with zero attached hydrogens (tertiary/aromatic N) is 1. The molecular weight excluding hydrogens is 150 g/mol. The largest absolute Gasteiger partial charge is 0.342 e.